The van der Waals surface area contributed by atoms with Crippen LogP contribution in [0.4, 0.5) is 0 Å². The van der Waals surface area contributed by atoms with Crippen LogP contribution in [0, 0.1) is 22.7 Å². The number of hydrogen-bond donors (Lipinski definition) is 2. The molecule has 80 valence electrons. The van der Waals surface area contributed by atoms with E-state index in [2.05, 4.69) is 25.2 Å². The van der Waals surface area contributed by atoms with Crippen molar-refractivity contribution in [1.29, 1.82) is 5.26 Å². The summed E-state index contributed by atoms with van der Waals surface area (Å²) >= 11 is 0. The van der Waals surface area contributed by atoms with Crippen molar-refractivity contribution in [3.8, 4) is 6.07 Å². The second-order valence-corrected chi connectivity index (χ2v) is 5.00. The third kappa shape index (κ3) is 1.92. The predicted octanol–water partition coefficient (Wildman–Crippen LogP) is 1.28. The third-order valence-electron chi connectivity index (χ3n) is 3.63. The molecule has 2 N–H and O–H groups in total. The second kappa shape index (κ2) is 3.88. The number of hydrogen-bond acceptors (Lipinski definition) is 3. The lowest BCUT2D eigenvalue weighted by Gasteiger charge is -2.50. The van der Waals surface area contributed by atoms with Crippen molar-refractivity contribution >= 4 is 0 Å². The number of nitriles is 1. The van der Waals surface area contributed by atoms with E-state index in [0.29, 0.717) is 6.04 Å². The molecular formula is C11H20N2O. The van der Waals surface area contributed by atoms with Crippen LogP contribution in [0.1, 0.15) is 34.1 Å². The number of nitrogens with zero attached hydrogens (tertiary/aromatic N) is 1. The zero-order valence-corrected chi connectivity index (χ0v) is 9.41. The SMILES string of the molecule is CC(C#N)C(C)NC1CC(O)C1(C)C. The molecule has 3 nitrogen and oxygen atoms in total. The number of aliphatic hydroxyl groups excluding tert-OH is 1. The van der Waals surface area contributed by atoms with Crippen molar-refractivity contribution in [1.82, 2.24) is 5.32 Å². The maximum Gasteiger partial charge on any atom is 0.0669 e. The highest BCUT2D eigenvalue weighted by atomic mass is 16.3. The minimum Gasteiger partial charge on any atom is -0.392 e. The van der Waals surface area contributed by atoms with E-state index in [4.69, 9.17) is 5.26 Å². The lowest BCUT2D eigenvalue weighted by atomic mass is 9.64. The smallest absolute Gasteiger partial charge is 0.0669 e. The normalized spacial score (nSPS) is 34.0. The molecule has 4 unspecified atom stereocenters. The van der Waals surface area contributed by atoms with Gasteiger partial charge in [0.05, 0.1) is 18.1 Å². The van der Waals surface area contributed by atoms with Crippen molar-refractivity contribution in [3.05, 3.63) is 0 Å². The molecule has 0 saturated heterocycles. The molecule has 0 aromatic rings. The molecule has 4 atom stereocenters. The van der Waals surface area contributed by atoms with Crippen molar-refractivity contribution < 1.29 is 5.11 Å². The molecule has 1 aliphatic rings. The summed E-state index contributed by atoms with van der Waals surface area (Å²) in [6.45, 7) is 8.06. The summed E-state index contributed by atoms with van der Waals surface area (Å²) in [4.78, 5) is 0. The average Bonchev–Trinajstić information content (AvgIpc) is 2.16. The van der Waals surface area contributed by atoms with Gasteiger partial charge in [0.25, 0.3) is 0 Å². The summed E-state index contributed by atoms with van der Waals surface area (Å²) in [7, 11) is 0. The molecular weight excluding hydrogens is 176 g/mol. The first kappa shape index (κ1) is 11.5. The van der Waals surface area contributed by atoms with Gasteiger partial charge in [-0.25, -0.2) is 0 Å². The van der Waals surface area contributed by atoms with Crippen LogP contribution in [0.2, 0.25) is 0 Å². The van der Waals surface area contributed by atoms with E-state index in [-0.39, 0.29) is 23.5 Å². The molecule has 1 rings (SSSR count). The Morgan fingerprint density at radius 2 is 2.07 bits per heavy atom. The Morgan fingerprint density at radius 3 is 2.43 bits per heavy atom. The van der Waals surface area contributed by atoms with Crippen LogP contribution >= 0.6 is 0 Å². The van der Waals surface area contributed by atoms with E-state index in [1.54, 1.807) is 0 Å². The van der Waals surface area contributed by atoms with Crippen LogP contribution in [0.25, 0.3) is 0 Å². The number of aliphatic hydroxyl groups is 1. The highest BCUT2D eigenvalue weighted by molar-refractivity contribution is 5.03. The zero-order chi connectivity index (χ0) is 10.9. The largest absolute Gasteiger partial charge is 0.392 e. The van der Waals surface area contributed by atoms with Gasteiger partial charge in [0.1, 0.15) is 0 Å². The quantitative estimate of drug-likeness (QED) is 0.715. The molecule has 0 bridgehead atoms. The van der Waals surface area contributed by atoms with E-state index in [9.17, 15) is 5.11 Å². The van der Waals surface area contributed by atoms with Crippen LogP contribution in [-0.4, -0.2) is 23.3 Å². The van der Waals surface area contributed by atoms with Gasteiger partial charge in [-0.05, 0) is 20.3 Å². The van der Waals surface area contributed by atoms with E-state index >= 15 is 0 Å². The Morgan fingerprint density at radius 1 is 1.50 bits per heavy atom. The first-order valence-electron chi connectivity index (χ1n) is 5.23. The van der Waals surface area contributed by atoms with Crippen LogP contribution in [0.5, 0.6) is 0 Å². The monoisotopic (exact) mass is 196 g/mol. The van der Waals surface area contributed by atoms with Crippen molar-refractivity contribution in [2.45, 2.75) is 52.3 Å². The highest BCUT2D eigenvalue weighted by Crippen LogP contribution is 2.40. The maximum absolute atomic E-state index is 9.55. The molecule has 0 amide bonds. The van der Waals surface area contributed by atoms with E-state index in [1.807, 2.05) is 13.8 Å². The molecule has 3 heteroatoms. The molecule has 0 radical (unpaired) electrons. The average molecular weight is 196 g/mol. The van der Waals surface area contributed by atoms with Crippen LogP contribution < -0.4 is 5.32 Å². The first-order chi connectivity index (χ1) is 6.39. The van der Waals surface area contributed by atoms with Crippen molar-refractivity contribution in [2.75, 3.05) is 0 Å². The van der Waals surface area contributed by atoms with E-state index in [1.165, 1.54) is 0 Å². The molecule has 14 heavy (non-hydrogen) atoms. The topological polar surface area (TPSA) is 56.0 Å². The Balaban J connectivity index is 2.44. The fourth-order valence-electron chi connectivity index (χ4n) is 1.76. The fourth-order valence-corrected chi connectivity index (χ4v) is 1.76. The summed E-state index contributed by atoms with van der Waals surface area (Å²) in [6, 6.07) is 2.76. The lowest BCUT2D eigenvalue weighted by Crippen LogP contribution is -2.62. The van der Waals surface area contributed by atoms with Gasteiger partial charge in [-0.3, -0.25) is 0 Å². The molecule has 1 saturated carbocycles. The first-order valence-corrected chi connectivity index (χ1v) is 5.23. The zero-order valence-electron chi connectivity index (χ0n) is 9.41. The van der Waals surface area contributed by atoms with Crippen LogP contribution in [-0.2, 0) is 0 Å². The van der Waals surface area contributed by atoms with Gasteiger partial charge in [-0.2, -0.15) is 5.26 Å². The minimum absolute atomic E-state index is 0.0172. The standard InChI is InChI=1S/C11H20N2O/c1-7(6-12)8(2)13-9-5-10(14)11(9,3)4/h7-10,13-14H,5H2,1-4H3. The van der Waals surface area contributed by atoms with Gasteiger partial charge < -0.3 is 10.4 Å². The van der Waals surface area contributed by atoms with E-state index in [0.717, 1.165) is 6.42 Å². The summed E-state index contributed by atoms with van der Waals surface area (Å²) in [6.07, 6.45) is 0.597. The van der Waals surface area contributed by atoms with Gasteiger partial charge in [0, 0.05) is 17.5 Å². The van der Waals surface area contributed by atoms with Gasteiger partial charge in [-0.1, -0.05) is 13.8 Å². The molecule has 0 heterocycles. The second-order valence-electron chi connectivity index (χ2n) is 5.00. The number of nitrogens with one attached hydrogen (secondary N) is 1. The Bertz CT molecular complexity index is 244. The Labute approximate surface area is 86.1 Å². The highest BCUT2D eigenvalue weighted by Gasteiger charge is 2.47. The molecule has 0 aromatic heterocycles. The summed E-state index contributed by atoms with van der Waals surface area (Å²) in [5.74, 6) is 0.0172. The predicted molar refractivity (Wildman–Crippen MR) is 55.6 cm³/mol. The fraction of sp³-hybridized carbons (Fsp3) is 0.909. The third-order valence-corrected chi connectivity index (χ3v) is 3.63. The van der Waals surface area contributed by atoms with Crippen molar-refractivity contribution in [3.63, 3.8) is 0 Å². The molecule has 0 aliphatic heterocycles. The number of rotatable bonds is 3. The van der Waals surface area contributed by atoms with Crippen molar-refractivity contribution in [2.24, 2.45) is 11.3 Å². The van der Waals surface area contributed by atoms with E-state index < -0.39 is 0 Å². The maximum atomic E-state index is 9.55. The summed E-state index contributed by atoms with van der Waals surface area (Å²) < 4.78 is 0. The summed E-state index contributed by atoms with van der Waals surface area (Å²) in [5.41, 5.74) is -0.0521. The molecule has 1 fully saturated rings. The summed E-state index contributed by atoms with van der Waals surface area (Å²) in [5, 5.41) is 21.7. The molecule has 0 aromatic carbocycles. The molecule has 0 spiro atoms. The van der Waals surface area contributed by atoms with Gasteiger partial charge in [-0.15, -0.1) is 0 Å². The molecule has 1 aliphatic carbocycles. The Hall–Kier alpha value is -0.590. The minimum atomic E-state index is -0.204. The Kier molecular flexibility index (Phi) is 3.18. The van der Waals surface area contributed by atoms with Gasteiger partial charge in [0.15, 0.2) is 0 Å². The van der Waals surface area contributed by atoms with Crippen LogP contribution in [0.3, 0.4) is 0 Å². The van der Waals surface area contributed by atoms with Crippen LogP contribution in [0.15, 0.2) is 0 Å². The van der Waals surface area contributed by atoms with Gasteiger partial charge >= 0.3 is 0 Å². The lowest BCUT2D eigenvalue weighted by molar-refractivity contribution is -0.0762. The van der Waals surface area contributed by atoms with Gasteiger partial charge in [0.2, 0.25) is 0 Å².